The van der Waals surface area contributed by atoms with Crippen LogP contribution in [0.15, 0.2) is 54.7 Å². The number of aryl methyl sites for hydroxylation is 1. The van der Waals surface area contributed by atoms with Crippen LogP contribution in [0.1, 0.15) is 69.1 Å². The molecule has 5 aromatic rings. The topological polar surface area (TPSA) is 196 Å². The fourth-order valence-electron chi connectivity index (χ4n) is 7.36. The van der Waals surface area contributed by atoms with Crippen LogP contribution in [-0.4, -0.2) is 108 Å². The third-order valence-corrected chi connectivity index (χ3v) is 10.9. The van der Waals surface area contributed by atoms with E-state index in [0.717, 1.165) is 110 Å². The van der Waals surface area contributed by atoms with Crippen LogP contribution in [0.5, 0.6) is 0 Å². The fourth-order valence-corrected chi connectivity index (χ4v) is 7.36. The van der Waals surface area contributed by atoms with Gasteiger partial charge in [0.25, 0.3) is 6.47 Å². The smallest absolute Gasteiger partial charge is 0.407 e. The van der Waals surface area contributed by atoms with Crippen LogP contribution in [0.3, 0.4) is 0 Å². The van der Waals surface area contributed by atoms with E-state index >= 15 is 0 Å². The lowest BCUT2D eigenvalue weighted by Crippen LogP contribution is -2.44. The van der Waals surface area contributed by atoms with E-state index in [0.29, 0.717) is 30.9 Å². The Balaban J connectivity index is 0.000000320. The molecule has 1 aliphatic heterocycles. The van der Waals surface area contributed by atoms with Crippen molar-refractivity contribution in [2.24, 2.45) is 11.8 Å². The van der Waals surface area contributed by atoms with E-state index in [1.807, 2.05) is 13.2 Å². The predicted molar refractivity (Wildman–Crippen MR) is 222 cm³/mol. The van der Waals surface area contributed by atoms with Crippen LogP contribution in [0, 0.1) is 11.8 Å². The Morgan fingerprint density at radius 3 is 2.29 bits per heavy atom. The Morgan fingerprint density at radius 2 is 1.66 bits per heavy atom. The highest BCUT2D eigenvalue weighted by molar-refractivity contribution is 5.90. The highest BCUT2D eigenvalue weighted by atomic mass is 16.5. The van der Waals surface area contributed by atoms with Crippen LogP contribution in [-0.2, 0) is 30.3 Å². The number of hydrogen-bond donors (Lipinski definition) is 5. The summed E-state index contributed by atoms with van der Waals surface area (Å²) < 4.78 is 8.21. The second-order valence-electron chi connectivity index (χ2n) is 15.2. The number of fused-ring (bicyclic) bond motifs is 2. The van der Waals surface area contributed by atoms with Crippen LogP contribution in [0.4, 0.5) is 4.79 Å². The molecule has 2 aliphatic carbocycles. The molecule has 308 valence electrons. The lowest BCUT2D eigenvalue weighted by Gasteiger charge is -2.16. The molecule has 3 unspecified atom stereocenters. The zero-order valence-corrected chi connectivity index (χ0v) is 33.8. The maximum atomic E-state index is 12.3. The molecule has 0 bridgehead atoms. The quantitative estimate of drug-likeness (QED) is 0.0665. The zero-order chi connectivity index (χ0) is 41.0. The molecule has 1 saturated heterocycles. The molecule has 3 atom stereocenters. The predicted octanol–water partition coefficient (Wildman–Crippen LogP) is 5.48. The van der Waals surface area contributed by atoms with Crippen molar-refractivity contribution >= 4 is 46.7 Å². The maximum absolute atomic E-state index is 12.3. The second-order valence-corrected chi connectivity index (χ2v) is 15.2. The highest BCUT2D eigenvalue weighted by Gasteiger charge is 2.35. The second kappa shape index (κ2) is 20.1. The number of carbonyl (C=O) groups excluding carboxylic acids is 4. The Kier molecular flexibility index (Phi) is 14.6. The first-order valence-electron chi connectivity index (χ1n) is 20.1. The van der Waals surface area contributed by atoms with E-state index < -0.39 is 6.09 Å². The number of methoxy groups -OCH3 is 2. The minimum absolute atomic E-state index is 0.0404. The highest BCUT2D eigenvalue weighted by Crippen LogP contribution is 2.34. The number of pyridine rings is 1. The third kappa shape index (κ3) is 11.0. The first-order chi connectivity index (χ1) is 28.2. The summed E-state index contributed by atoms with van der Waals surface area (Å²) in [5.74, 6) is 2.97. The van der Waals surface area contributed by atoms with E-state index in [2.05, 4.69) is 101 Å². The van der Waals surface area contributed by atoms with Crippen LogP contribution in [0.25, 0.3) is 44.5 Å². The Labute approximate surface area is 338 Å². The largest absolute Gasteiger partial charge is 0.471 e. The number of unbranched alkanes of at least 4 members (excludes halogenated alkanes) is 1. The average Bonchev–Trinajstić information content (AvgIpc) is 4.14. The number of imidazole rings is 2. The normalized spacial score (nSPS) is 17.3. The van der Waals surface area contributed by atoms with Crippen molar-refractivity contribution in [2.45, 2.75) is 75.9 Å². The van der Waals surface area contributed by atoms with Gasteiger partial charge < -0.3 is 40.2 Å². The van der Waals surface area contributed by atoms with Crippen molar-refractivity contribution in [2.75, 3.05) is 41.4 Å². The zero-order valence-electron chi connectivity index (χ0n) is 33.8. The number of hydrogen-bond acceptors (Lipinski definition) is 11. The number of nitrogens with zero attached hydrogens (tertiary/aromatic N) is 4. The van der Waals surface area contributed by atoms with Crippen LogP contribution in [0.2, 0.25) is 0 Å². The van der Waals surface area contributed by atoms with E-state index in [-0.39, 0.29) is 18.0 Å². The third-order valence-electron chi connectivity index (χ3n) is 10.9. The molecule has 3 aromatic heterocycles. The molecule has 5 N–H and O–H groups in total. The molecule has 0 spiro atoms. The standard InChI is InChI=1S/C34H40N8O.C7H11NO3.C2H4O2/c1-35-31(21-8-9-21)34(43)36-16-4-3-7-30-37-20-28(38-30)25-13-11-22-18-24(12-10-23(22)19-25)26-14-15-27-32(39-26)41-33(40-27)29-6-5-17-42(29)2;1-11-7(10)8-6(4-9)5-2-3-5;1-4-2-3/h10-15,18-21,29,31,35H,3-9,16-17H2,1-2H3,(H,36,43)(H,37,38)(H,39,40,41);4-6H,2-3H2,1H3,(H,8,10);2H,1H3. The first kappa shape index (κ1) is 41.9. The van der Waals surface area contributed by atoms with E-state index in [1.165, 1.54) is 31.4 Å². The number of carbonyl (C=O) groups is 4. The van der Waals surface area contributed by atoms with Gasteiger partial charge in [-0.05, 0) is 119 Å². The van der Waals surface area contributed by atoms with Gasteiger partial charge in [-0.15, -0.1) is 0 Å². The number of aromatic nitrogens is 5. The molecule has 15 nitrogen and oxygen atoms in total. The van der Waals surface area contributed by atoms with Gasteiger partial charge in [-0.2, -0.15) is 0 Å². The minimum atomic E-state index is -0.533. The molecule has 2 aromatic carbocycles. The summed E-state index contributed by atoms with van der Waals surface area (Å²) in [7, 11) is 6.63. The molecular formula is C43H55N9O6. The first-order valence-corrected chi connectivity index (χ1v) is 20.1. The molecule has 3 aliphatic rings. The number of rotatable bonds is 15. The van der Waals surface area contributed by atoms with E-state index in [9.17, 15) is 14.4 Å². The van der Waals surface area contributed by atoms with Gasteiger partial charge in [0.2, 0.25) is 5.91 Å². The number of aldehydes is 1. The average molecular weight is 794 g/mol. The summed E-state index contributed by atoms with van der Waals surface area (Å²) >= 11 is 0. The molecule has 2 saturated carbocycles. The molecule has 2 amide bonds. The number of nitrogens with one attached hydrogen (secondary N) is 5. The van der Waals surface area contributed by atoms with Crippen molar-refractivity contribution in [3.8, 4) is 22.5 Å². The van der Waals surface area contributed by atoms with E-state index in [4.69, 9.17) is 14.8 Å². The van der Waals surface area contributed by atoms with E-state index in [1.54, 1.807) is 0 Å². The van der Waals surface area contributed by atoms with Gasteiger partial charge in [-0.3, -0.25) is 14.5 Å². The monoisotopic (exact) mass is 793 g/mol. The van der Waals surface area contributed by atoms with Crippen LogP contribution < -0.4 is 16.0 Å². The number of H-pyrrole nitrogens is 2. The fraction of sp³-hybridized carbons (Fsp3) is 0.465. The summed E-state index contributed by atoms with van der Waals surface area (Å²) in [5, 5.41) is 11.0. The minimum Gasteiger partial charge on any atom is -0.471 e. The number of likely N-dealkylation sites (tertiary alicyclic amines) is 1. The van der Waals surface area contributed by atoms with Gasteiger partial charge in [-0.1, -0.05) is 24.3 Å². The van der Waals surface area contributed by atoms with Crippen molar-refractivity contribution < 1.29 is 28.7 Å². The summed E-state index contributed by atoms with van der Waals surface area (Å²) in [4.78, 5) is 66.0. The van der Waals surface area contributed by atoms with Gasteiger partial charge in [0.05, 0.1) is 55.4 Å². The van der Waals surface area contributed by atoms with Gasteiger partial charge in [0.1, 0.15) is 17.9 Å². The molecule has 4 heterocycles. The van der Waals surface area contributed by atoms with Crippen molar-refractivity contribution in [1.82, 2.24) is 45.8 Å². The number of aromatic amines is 2. The summed E-state index contributed by atoms with van der Waals surface area (Å²) in [6.07, 6.45) is 11.6. The number of alkyl carbamates (subject to hydrolysis) is 1. The summed E-state index contributed by atoms with van der Waals surface area (Å²) in [6.45, 7) is 2.19. The van der Waals surface area contributed by atoms with Gasteiger partial charge in [0, 0.05) is 24.1 Å². The van der Waals surface area contributed by atoms with Crippen molar-refractivity contribution in [3.05, 3.63) is 66.4 Å². The Morgan fingerprint density at radius 1 is 0.931 bits per heavy atom. The number of benzene rings is 2. The Bertz CT molecular complexity index is 2160. The van der Waals surface area contributed by atoms with Crippen molar-refractivity contribution in [3.63, 3.8) is 0 Å². The summed E-state index contributed by atoms with van der Waals surface area (Å²) in [5.41, 5.74) is 5.91. The molecule has 3 fully saturated rings. The lowest BCUT2D eigenvalue weighted by molar-refractivity contribution is -0.126. The molecule has 58 heavy (non-hydrogen) atoms. The molecule has 15 heteroatoms. The van der Waals surface area contributed by atoms with Gasteiger partial charge in [-0.25, -0.2) is 19.7 Å². The van der Waals surface area contributed by atoms with Gasteiger partial charge in [0.15, 0.2) is 5.65 Å². The lowest BCUT2D eigenvalue weighted by atomic mass is 10.0. The number of ether oxygens (including phenoxy) is 2. The Hall–Kier alpha value is -5.67. The van der Waals surface area contributed by atoms with Gasteiger partial charge >= 0.3 is 6.09 Å². The van der Waals surface area contributed by atoms with Crippen molar-refractivity contribution in [1.29, 1.82) is 0 Å². The molecule has 8 rings (SSSR count). The van der Waals surface area contributed by atoms with Crippen LogP contribution >= 0.6 is 0 Å². The number of amides is 2. The SMILES string of the molecule is CNC(C(=O)NCCCCc1ncc(-c2ccc3cc(-c4ccc5[nH]c(C6CCCN6C)nc5n4)ccc3c2)[nH]1)C1CC1.COC(=O)NC(C=O)C1CC1.COC=O. The molecule has 0 radical (unpaired) electrons. The maximum Gasteiger partial charge on any atom is 0.407 e. The summed E-state index contributed by atoms with van der Waals surface area (Å²) in [6, 6.07) is 17.2. The molecular weight excluding hydrogens is 739 g/mol. The number of likely N-dealkylation sites (N-methyl/N-ethyl adjacent to an activating group) is 1.